The molecule has 1 atom stereocenters. The molecule has 3 amide bonds. The summed E-state index contributed by atoms with van der Waals surface area (Å²) in [5.74, 6) is 1.17. The molecule has 146 valence electrons. The minimum atomic E-state index is -0.429. The lowest BCUT2D eigenvalue weighted by Crippen LogP contribution is -2.50. The van der Waals surface area contributed by atoms with Gasteiger partial charge in [0.15, 0.2) is 11.5 Å². The molecular formula is C20H27N3O4. The largest absolute Gasteiger partial charge is 0.486 e. The van der Waals surface area contributed by atoms with Crippen molar-refractivity contribution in [2.24, 2.45) is 0 Å². The SMILES string of the molecule is O=C(Nc1ccc2c(c1)OCCO2)[C@H]1CCCN1C(=O)NC1CCCCC1. The summed E-state index contributed by atoms with van der Waals surface area (Å²) in [5.41, 5.74) is 0.656. The number of urea groups is 1. The highest BCUT2D eigenvalue weighted by atomic mass is 16.6. The molecule has 7 nitrogen and oxygen atoms in total. The maximum atomic E-state index is 12.8. The first-order valence-corrected chi connectivity index (χ1v) is 9.98. The average Bonchev–Trinajstić information content (AvgIpc) is 3.19. The third-order valence-corrected chi connectivity index (χ3v) is 5.56. The summed E-state index contributed by atoms with van der Waals surface area (Å²) in [6.45, 7) is 1.66. The highest BCUT2D eigenvalue weighted by Crippen LogP contribution is 2.33. The van der Waals surface area contributed by atoms with Crippen LogP contribution in [0.1, 0.15) is 44.9 Å². The number of likely N-dealkylation sites (tertiary alicyclic amines) is 1. The van der Waals surface area contributed by atoms with Gasteiger partial charge in [0.05, 0.1) is 0 Å². The average molecular weight is 373 g/mol. The first-order valence-electron chi connectivity index (χ1n) is 9.98. The molecule has 1 saturated carbocycles. The first kappa shape index (κ1) is 17.9. The van der Waals surface area contributed by atoms with Crippen LogP contribution in [0.3, 0.4) is 0 Å². The van der Waals surface area contributed by atoms with E-state index in [9.17, 15) is 9.59 Å². The molecule has 2 N–H and O–H groups in total. The fourth-order valence-corrected chi connectivity index (χ4v) is 4.13. The lowest BCUT2D eigenvalue weighted by Gasteiger charge is -2.29. The highest BCUT2D eigenvalue weighted by molar-refractivity contribution is 5.97. The Kier molecular flexibility index (Phi) is 5.36. The number of anilines is 1. The van der Waals surface area contributed by atoms with Crippen molar-refractivity contribution in [1.29, 1.82) is 0 Å². The van der Waals surface area contributed by atoms with Gasteiger partial charge in [-0.2, -0.15) is 0 Å². The maximum Gasteiger partial charge on any atom is 0.318 e. The van der Waals surface area contributed by atoms with Crippen LogP contribution in [0.15, 0.2) is 18.2 Å². The van der Waals surface area contributed by atoms with E-state index in [-0.39, 0.29) is 18.0 Å². The van der Waals surface area contributed by atoms with Crippen molar-refractivity contribution in [3.05, 3.63) is 18.2 Å². The number of nitrogens with one attached hydrogen (secondary N) is 2. The Labute approximate surface area is 159 Å². The fourth-order valence-electron chi connectivity index (χ4n) is 4.13. The van der Waals surface area contributed by atoms with Crippen LogP contribution in [0, 0.1) is 0 Å². The summed E-state index contributed by atoms with van der Waals surface area (Å²) >= 11 is 0. The van der Waals surface area contributed by atoms with Crippen LogP contribution in [0.4, 0.5) is 10.5 Å². The van der Waals surface area contributed by atoms with E-state index in [1.165, 1.54) is 19.3 Å². The number of hydrogen-bond acceptors (Lipinski definition) is 4. The molecule has 2 fully saturated rings. The van der Waals surface area contributed by atoms with E-state index >= 15 is 0 Å². The number of amides is 3. The van der Waals surface area contributed by atoms with Gasteiger partial charge in [0, 0.05) is 24.3 Å². The number of hydrogen-bond donors (Lipinski definition) is 2. The number of fused-ring (bicyclic) bond motifs is 1. The van der Waals surface area contributed by atoms with E-state index in [2.05, 4.69) is 10.6 Å². The van der Waals surface area contributed by atoms with Crippen molar-refractivity contribution in [3.63, 3.8) is 0 Å². The molecule has 1 aromatic carbocycles. The van der Waals surface area contributed by atoms with Crippen LogP contribution in [-0.2, 0) is 4.79 Å². The first-order chi connectivity index (χ1) is 13.2. The Hall–Kier alpha value is -2.44. The molecule has 1 saturated heterocycles. The van der Waals surface area contributed by atoms with Crippen molar-refractivity contribution in [1.82, 2.24) is 10.2 Å². The van der Waals surface area contributed by atoms with Gasteiger partial charge in [-0.05, 0) is 37.8 Å². The van der Waals surface area contributed by atoms with E-state index in [0.717, 1.165) is 19.3 Å². The van der Waals surface area contributed by atoms with Crippen molar-refractivity contribution in [2.45, 2.75) is 57.0 Å². The standard InChI is InChI=1S/C20H27N3O4/c24-19(21-15-8-9-17-18(13-15)27-12-11-26-17)16-7-4-10-23(16)20(25)22-14-5-2-1-3-6-14/h8-9,13-14,16H,1-7,10-12H2,(H,21,24)(H,22,25)/t16-/m1/s1. The number of carbonyl (C=O) groups excluding carboxylic acids is 2. The Morgan fingerprint density at radius 2 is 1.74 bits per heavy atom. The molecule has 3 aliphatic rings. The molecular weight excluding hydrogens is 346 g/mol. The summed E-state index contributed by atoms with van der Waals surface area (Å²) in [7, 11) is 0. The van der Waals surface area contributed by atoms with Crippen LogP contribution in [0.2, 0.25) is 0 Å². The normalized spacial score (nSPS) is 22.4. The van der Waals surface area contributed by atoms with Gasteiger partial charge in [-0.3, -0.25) is 4.79 Å². The molecule has 0 unspecified atom stereocenters. The quantitative estimate of drug-likeness (QED) is 0.854. The summed E-state index contributed by atoms with van der Waals surface area (Å²) in [4.78, 5) is 27.1. The van der Waals surface area contributed by atoms with Crippen LogP contribution in [0.25, 0.3) is 0 Å². The van der Waals surface area contributed by atoms with Crippen molar-refractivity contribution in [3.8, 4) is 11.5 Å². The molecule has 1 aliphatic carbocycles. The number of ether oxygens (including phenoxy) is 2. The number of carbonyl (C=O) groups is 2. The van der Waals surface area contributed by atoms with Crippen LogP contribution >= 0.6 is 0 Å². The zero-order valence-electron chi connectivity index (χ0n) is 15.5. The Morgan fingerprint density at radius 3 is 2.56 bits per heavy atom. The summed E-state index contributed by atoms with van der Waals surface area (Å²) in [6.07, 6.45) is 7.18. The lowest BCUT2D eigenvalue weighted by molar-refractivity contribution is -0.119. The third-order valence-electron chi connectivity index (χ3n) is 5.56. The van der Waals surface area contributed by atoms with Gasteiger partial charge in [-0.15, -0.1) is 0 Å². The van der Waals surface area contributed by atoms with Gasteiger partial charge in [-0.25, -0.2) is 4.79 Å². The van der Waals surface area contributed by atoms with E-state index in [4.69, 9.17) is 9.47 Å². The van der Waals surface area contributed by atoms with E-state index in [1.807, 2.05) is 0 Å². The molecule has 27 heavy (non-hydrogen) atoms. The van der Waals surface area contributed by atoms with Crippen molar-refractivity contribution < 1.29 is 19.1 Å². The van der Waals surface area contributed by atoms with Gasteiger partial charge in [0.1, 0.15) is 19.3 Å². The fraction of sp³-hybridized carbons (Fsp3) is 0.600. The Balaban J connectivity index is 1.37. The lowest BCUT2D eigenvalue weighted by atomic mass is 9.96. The maximum absolute atomic E-state index is 12.8. The smallest absolute Gasteiger partial charge is 0.318 e. The molecule has 0 bridgehead atoms. The molecule has 2 heterocycles. The second-order valence-electron chi connectivity index (χ2n) is 7.48. The molecule has 4 rings (SSSR count). The Bertz CT molecular complexity index is 702. The predicted octanol–water partition coefficient (Wildman–Crippen LogP) is 2.90. The van der Waals surface area contributed by atoms with E-state index in [0.29, 0.717) is 43.4 Å². The van der Waals surface area contributed by atoms with Crippen molar-refractivity contribution in [2.75, 3.05) is 25.1 Å². The highest BCUT2D eigenvalue weighted by Gasteiger charge is 2.35. The van der Waals surface area contributed by atoms with Crippen LogP contribution in [0.5, 0.6) is 11.5 Å². The van der Waals surface area contributed by atoms with Crippen molar-refractivity contribution >= 4 is 17.6 Å². The molecule has 0 radical (unpaired) electrons. The summed E-state index contributed by atoms with van der Waals surface area (Å²) in [5, 5.41) is 6.05. The van der Waals surface area contributed by atoms with Gasteiger partial charge < -0.3 is 25.0 Å². The number of benzene rings is 1. The minimum absolute atomic E-state index is 0.110. The summed E-state index contributed by atoms with van der Waals surface area (Å²) < 4.78 is 11.1. The van der Waals surface area contributed by atoms with Crippen LogP contribution < -0.4 is 20.1 Å². The molecule has 0 aromatic heterocycles. The number of rotatable bonds is 3. The topological polar surface area (TPSA) is 79.9 Å². The molecule has 2 aliphatic heterocycles. The minimum Gasteiger partial charge on any atom is -0.486 e. The number of nitrogens with zero attached hydrogens (tertiary/aromatic N) is 1. The van der Waals surface area contributed by atoms with Gasteiger partial charge in [0.2, 0.25) is 5.91 Å². The van der Waals surface area contributed by atoms with Gasteiger partial charge >= 0.3 is 6.03 Å². The zero-order valence-corrected chi connectivity index (χ0v) is 15.5. The molecule has 1 aromatic rings. The van der Waals surface area contributed by atoms with Gasteiger partial charge in [0.25, 0.3) is 0 Å². The zero-order chi connectivity index (χ0) is 18.6. The predicted molar refractivity (Wildman–Crippen MR) is 101 cm³/mol. The summed E-state index contributed by atoms with van der Waals surface area (Å²) in [6, 6.07) is 5.07. The Morgan fingerprint density at radius 1 is 0.963 bits per heavy atom. The van der Waals surface area contributed by atoms with E-state index in [1.54, 1.807) is 23.1 Å². The van der Waals surface area contributed by atoms with Crippen LogP contribution in [-0.4, -0.2) is 48.7 Å². The van der Waals surface area contributed by atoms with Gasteiger partial charge in [-0.1, -0.05) is 19.3 Å². The molecule has 0 spiro atoms. The third kappa shape index (κ3) is 4.12. The molecule has 7 heteroatoms. The van der Waals surface area contributed by atoms with E-state index < -0.39 is 6.04 Å². The second-order valence-corrected chi connectivity index (χ2v) is 7.48. The monoisotopic (exact) mass is 373 g/mol. The second kappa shape index (κ2) is 8.06.